The molecule has 4 aromatic rings. The van der Waals surface area contributed by atoms with Crippen LogP contribution in [0.4, 0.5) is 15.8 Å². The summed E-state index contributed by atoms with van der Waals surface area (Å²) in [5, 5.41) is 11.8. The maximum absolute atomic E-state index is 14.7. The average molecular weight is 575 g/mol. The highest BCUT2D eigenvalue weighted by Gasteiger charge is 2.25. The van der Waals surface area contributed by atoms with Crippen LogP contribution < -0.4 is 20.3 Å². The van der Waals surface area contributed by atoms with Gasteiger partial charge in [0.2, 0.25) is 5.91 Å². The van der Waals surface area contributed by atoms with Crippen molar-refractivity contribution in [3.8, 4) is 6.01 Å². The number of hydrogen-bond acceptors (Lipinski definition) is 8. The molecule has 2 amide bonds. The lowest BCUT2D eigenvalue weighted by atomic mass is 10.0. The van der Waals surface area contributed by atoms with E-state index in [0.29, 0.717) is 35.1 Å². The van der Waals surface area contributed by atoms with Crippen molar-refractivity contribution in [1.29, 1.82) is 0 Å². The number of nitrogens with one attached hydrogen (secondary N) is 2. The van der Waals surface area contributed by atoms with Crippen molar-refractivity contribution in [3.63, 3.8) is 0 Å². The predicted molar refractivity (Wildman–Crippen MR) is 158 cm³/mol. The van der Waals surface area contributed by atoms with E-state index in [4.69, 9.17) is 4.74 Å². The van der Waals surface area contributed by atoms with E-state index < -0.39 is 11.7 Å². The zero-order chi connectivity index (χ0) is 29.4. The van der Waals surface area contributed by atoms with Crippen molar-refractivity contribution < 1.29 is 18.7 Å². The van der Waals surface area contributed by atoms with Gasteiger partial charge in [0.15, 0.2) is 5.82 Å². The molecule has 0 aliphatic carbocycles. The fourth-order valence-corrected chi connectivity index (χ4v) is 5.97. The molecule has 2 unspecified atom stereocenters. The van der Waals surface area contributed by atoms with Gasteiger partial charge in [-0.1, -0.05) is 0 Å². The van der Waals surface area contributed by atoms with Crippen LogP contribution in [0.3, 0.4) is 0 Å². The summed E-state index contributed by atoms with van der Waals surface area (Å²) >= 11 is 0. The number of fused-ring (bicyclic) bond motifs is 2. The van der Waals surface area contributed by atoms with Crippen molar-refractivity contribution in [2.75, 3.05) is 43.0 Å². The summed E-state index contributed by atoms with van der Waals surface area (Å²) in [6.07, 6.45) is 5.86. The molecule has 12 heteroatoms. The molecule has 2 aliphatic heterocycles. The van der Waals surface area contributed by atoms with E-state index >= 15 is 0 Å². The topological polar surface area (TPSA) is 118 Å². The number of halogens is 1. The number of nitrogens with zero attached hydrogens (tertiary/aromatic N) is 6. The number of ether oxygens (including phenoxy) is 1. The Kier molecular flexibility index (Phi) is 7.63. The molecule has 0 spiro atoms. The normalized spacial score (nSPS) is 19.5. The van der Waals surface area contributed by atoms with Gasteiger partial charge >= 0.3 is 6.01 Å². The molecule has 2 aromatic heterocycles. The van der Waals surface area contributed by atoms with Crippen molar-refractivity contribution in [2.45, 2.75) is 45.2 Å². The summed E-state index contributed by atoms with van der Waals surface area (Å²) in [5.41, 5.74) is 2.23. The number of piperazine rings is 1. The number of carbonyl (C=O) groups excluding carboxylic acids is 2. The largest absolute Gasteiger partial charge is 0.462 e. The van der Waals surface area contributed by atoms with Crippen LogP contribution in [-0.2, 0) is 11.8 Å². The summed E-state index contributed by atoms with van der Waals surface area (Å²) in [6, 6.07) is 7.30. The fourth-order valence-electron chi connectivity index (χ4n) is 5.97. The molecule has 2 saturated heterocycles. The lowest BCUT2D eigenvalue weighted by molar-refractivity contribution is -0.133. The van der Waals surface area contributed by atoms with Gasteiger partial charge < -0.3 is 25.2 Å². The van der Waals surface area contributed by atoms with Crippen LogP contribution in [0.15, 0.2) is 36.7 Å². The zero-order valence-electron chi connectivity index (χ0n) is 24.1. The maximum atomic E-state index is 14.7. The van der Waals surface area contributed by atoms with E-state index in [1.54, 1.807) is 36.5 Å². The molecule has 6 rings (SSSR count). The minimum absolute atomic E-state index is 0.128. The number of aryl methyl sites for hydroxylation is 1. The highest BCUT2D eigenvalue weighted by Crippen LogP contribution is 2.31. The first-order chi connectivity index (χ1) is 20.2. The van der Waals surface area contributed by atoms with Gasteiger partial charge in [-0.15, -0.1) is 0 Å². The smallest absolute Gasteiger partial charge is 0.317 e. The Morgan fingerprint density at radius 1 is 1.17 bits per heavy atom. The summed E-state index contributed by atoms with van der Waals surface area (Å²) in [6.45, 7) is 7.28. The number of piperidine rings is 1. The zero-order valence-corrected chi connectivity index (χ0v) is 24.1. The second-order valence-corrected chi connectivity index (χ2v) is 11.3. The molecule has 42 heavy (non-hydrogen) atoms. The number of amides is 2. The van der Waals surface area contributed by atoms with E-state index in [1.165, 1.54) is 10.7 Å². The standard InChI is InChI=1S/C30H35FN8O3/c1-18-15-39(16-19(2)33-18)25-8-7-22(29(41)34-21-12-20-17-37(3)36-27(20)24(31)13-21)28-23(25)14-32-30(35-28)42-11-10-38-9-5-4-6-26(38)40/h7-8,12-14,17-19,33H,4-6,9-11,15-16H2,1-3H3,(H,34,41). The van der Waals surface area contributed by atoms with Crippen LogP contribution in [0.25, 0.3) is 21.8 Å². The van der Waals surface area contributed by atoms with Crippen molar-refractivity contribution in [3.05, 3.63) is 48.0 Å². The molecule has 11 nitrogen and oxygen atoms in total. The third kappa shape index (κ3) is 5.71. The predicted octanol–water partition coefficient (Wildman–Crippen LogP) is 3.49. The van der Waals surface area contributed by atoms with Crippen molar-refractivity contribution in [1.82, 2.24) is 30.0 Å². The Hall–Kier alpha value is -4.32. The molecular weight excluding hydrogens is 539 g/mol. The minimum atomic E-state index is -0.518. The number of benzene rings is 2. The van der Waals surface area contributed by atoms with Gasteiger partial charge in [0.1, 0.15) is 12.1 Å². The molecule has 0 radical (unpaired) electrons. The van der Waals surface area contributed by atoms with Gasteiger partial charge in [-0.05, 0) is 51.0 Å². The molecule has 2 aliphatic rings. The second-order valence-electron chi connectivity index (χ2n) is 11.3. The quantitative estimate of drug-likeness (QED) is 0.345. The molecule has 2 aromatic carbocycles. The molecular formula is C30H35FN8O3. The van der Waals surface area contributed by atoms with Crippen LogP contribution in [0, 0.1) is 5.82 Å². The van der Waals surface area contributed by atoms with E-state index in [-0.39, 0.29) is 36.1 Å². The number of anilines is 2. The van der Waals surface area contributed by atoms with Gasteiger partial charge in [0.05, 0.1) is 17.6 Å². The maximum Gasteiger partial charge on any atom is 0.317 e. The van der Waals surface area contributed by atoms with Crippen LogP contribution in [0.2, 0.25) is 0 Å². The van der Waals surface area contributed by atoms with Crippen LogP contribution >= 0.6 is 0 Å². The Balaban J connectivity index is 1.31. The van der Waals surface area contributed by atoms with Crippen molar-refractivity contribution >= 4 is 45.0 Å². The number of hydrogen-bond donors (Lipinski definition) is 2. The summed E-state index contributed by atoms with van der Waals surface area (Å²) in [5.74, 6) is -0.816. The van der Waals surface area contributed by atoms with E-state index in [2.05, 4.69) is 44.4 Å². The highest BCUT2D eigenvalue weighted by molar-refractivity contribution is 6.14. The van der Waals surface area contributed by atoms with E-state index in [9.17, 15) is 14.0 Å². The van der Waals surface area contributed by atoms with Gasteiger partial charge in [0.25, 0.3) is 5.91 Å². The lowest BCUT2D eigenvalue weighted by Gasteiger charge is -2.38. The summed E-state index contributed by atoms with van der Waals surface area (Å²) in [4.78, 5) is 39.0. The van der Waals surface area contributed by atoms with Crippen LogP contribution in [0.5, 0.6) is 6.01 Å². The minimum Gasteiger partial charge on any atom is -0.462 e. The van der Waals surface area contributed by atoms with Crippen molar-refractivity contribution in [2.24, 2.45) is 7.05 Å². The third-order valence-electron chi connectivity index (χ3n) is 7.80. The van der Waals surface area contributed by atoms with Gasteiger partial charge in [-0.25, -0.2) is 9.37 Å². The first-order valence-corrected chi connectivity index (χ1v) is 14.4. The van der Waals surface area contributed by atoms with Crippen LogP contribution in [0.1, 0.15) is 43.5 Å². The average Bonchev–Trinajstić information content (AvgIpc) is 3.33. The molecule has 0 saturated carbocycles. The van der Waals surface area contributed by atoms with Gasteiger partial charge in [-0.3, -0.25) is 14.3 Å². The molecule has 2 atom stereocenters. The Morgan fingerprint density at radius 3 is 2.76 bits per heavy atom. The molecule has 4 heterocycles. The third-order valence-corrected chi connectivity index (χ3v) is 7.80. The van der Waals surface area contributed by atoms with E-state index in [0.717, 1.165) is 43.5 Å². The second kappa shape index (κ2) is 11.5. The summed E-state index contributed by atoms with van der Waals surface area (Å²) in [7, 11) is 1.72. The number of rotatable bonds is 7. The Labute approximate surface area is 243 Å². The Morgan fingerprint density at radius 2 is 1.98 bits per heavy atom. The first-order valence-electron chi connectivity index (χ1n) is 14.4. The SMILES string of the molecule is CC1CN(c2ccc(C(=O)Nc3cc(F)c4nn(C)cc4c3)c3nc(OCCN4CCCCC4=O)ncc23)CC(C)N1. The highest BCUT2D eigenvalue weighted by atomic mass is 19.1. The van der Waals surface area contributed by atoms with Gasteiger partial charge in [-0.2, -0.15) is 10.1 Å². The number of carbonyl (C=O) groups is 2. The van der Waals surface area contributed by atoms with Gasteiger partial charge in [0, 0.05) is 79.7 Å². The Bertz CT molecular complexity index is 1650. The molecule has 0 bridgehead atoms. The summed E-state index contributed by atoms with van der Waals surface area (Å²) < 4.78 is 22.1. The molecule has 2 N–H and O–H groups in total. The number of aromatic nitrogens is 4. The molecule has 220 valence electrons. The number of likely N-dealkylation sites (tertiary alicyclic amines) is 1. The molecule has 2 fully saturated rings. The van der Waals surface area contributed by atoms with E-state index in [1.807, 2.05) is 6.07 Å². The fraction of sp³-hybridized carbons (Fsp3) is 0.433. The lowest BCUT2D eigenvalue weighted by Crippen LogP contribution is -2.54. The van der Waals surface area contributed by atoms with Crippen LogP contribution in [-0.4, -0.2) is 81.3 Å². The monoisotopic (exact) mass is 574 g/mol. The first kappa shape index (κ1) is 27.8.